The summed E-state index contributed by atoms with van der Waals surface area (Å²) in [6, 6.07) is 9.28. The van der Waals surface area contributed by atoms with Crippen LogP contribution in [-0.4, -0.2) is 11.0 Å². The lowest BCUT2D eigenvalue weighted by Gasteiger charge is -2.09. The number of benzene rings is 1. The molecule has 0 aliphatic carbocycles. The average molecular weight is 255 g/mol. The number of nitrogens with zero attached hydrogens (tertiary/aromatic N) is 1. The van der Waals surface area contributed by atoms with E-state index in [4.69, 9.17) is 4.74 Å². The predicted molar refractivity (Wildman–Crippen MR) is 74.5 cm³/mol. The second-order valence-electron chi connectivity index (χ2n) is 4.82. The number of ether oxygens (including phenoxy) is 1. The summed E-state index contributed by atoms with van der Waals surface area (Å²) in [7, 11) is 0. The molecule has 0 amide bonds. The molecule has 0 N–H and O–H groups in total. The summed E-state index contributed by atoms with van der Waals surface area (Å²) in [5.74, 6) is 0.547. The molecule has 1 aromatic carbocycles. The fourth-order valence-electron chi connectivity index (χ4n) is 1.71. The third kappa shape index (κ3) is 3.19. The smallest absolute Gasteiger partial charge is 0.345 e. The number of aromatic nitrogens is 1. The van der Waals surface area contributed by atoms with Crippen LogP contribution >= 0.6 is 0 Å². The second-order valence-corrected chi connectivity index (χ2v) is 4.82. The molecule has 0 aliphatic rings. The lowest BCUT2D eigenvalue weighted by atomic mass is 10.0. The molecule has 0 bridgehead atoms. The minimum absolute atomic E-state index is 0.332. The van der Waals surface area contributed by atoms with E-state index in [9.17, 15) is 4.79 Å². The third-order valence-corrected chi connectivity index (χ3v) is 2.96. The van der Waals surface area contributed by atoms with Crippen molar-refractivity contribution in [3.63, 3.8) is 0 Å². The zero-order valence-electron chi connectivity index (χ0n) is 11.4. The van der Waals surface area contributed by atoms with Crippen LogP contribution in [0.3, 0.4) is 0 Å². The Kier molecular flexibility index (Phi) is 3.95. The van der Waals surface area contributed by atoms with Crippen molar-refractivity contribution in [2.75, 3.05) is 0 Å². The van der Waals surface area contributed by atoms with Crippen molar-refractivity contribution in [1.29, 1.82) is 0 Å². The van der Waals surface area contributed by atoms with Gasteiger partial charge in [0.15, 0.2) is 0 Å². The van der Waals surface area contributed by atoms with Gasteiger partial charge in [-0.2, -0.15) is 0 Å². The molecule has 0 spiro atoms. The molecule has 0 unspecified atom stereocenters. The summed E-state index contributed by atoms with van der Waals surface area (Å²) < 4.78 is 5.39. The number of rotatable bonds is 3. The lowest BCUT2D eigenvalue weighted by Crippen LogP contribution is -2.10. The minimum Gasteiger partial charge on any atom is -0.423 e. The molecular formula is C16H17NO2. The Morgan fingerprint density at radius 2 is 1.95 bits per heavy atom. The number of carbonyl (C=O) groups excluding carboxylic acids is 1. The van der Waals surface area contributed by atoms with Crippen LogP contribution in [0.4, 0.5) is 0 Å². The molecule has 0 saturated carbocycles. The van der Waals surface area contributed by atoms with Crippen molar-refractivity contribution in [3.05, 3.63) is 59.4 Å². The van der Waals surface area contributed by atoms with Crippen LogP contribution in [0.1, 0.15) is 41.3 Å². The Balaban J connectivity index is 2.21. The van der Waals surface area contributed by atoms with Crippen LogP contribution in [0, 0.1) is 6.92 Å². The van der Waals surface area contributed by atoms with Crippen LogP contribution in [-0.2, 0) is 0 Å². The number of aryl methyl sites for hydroxylation is 1. The van der Waals surface area contributed by atoms with Gasteiger partial charge in [0.25, 0.3) is 0 Å². The van der Waals surface area contributed by atoms with Crippen LogP contribution in [0.15, 0.2) is 42.7 Å². The molecule has 98 valence electrons. The zero-order chi connectivity index (χ0) is 13.8. The fourth-order valence-corrected chi connectivity index (χ4v) is 1.71. The fraction of sp³-hybridized carbons (Fsp3) is 0.250. The van der Waals surface area contributed by atoms with Crippen molar-refractivity contribution in [2.45, 2.75) is 26.7 Å². The Hall–Kier alpha value is -2.16. The zero-order valence-corrected chi connectivity index (χ0v) is 11.4. The monoisotopic (exact) mass is 255 g/mol. The largest absolute Gasteiger partial charge is 0.423 e. The molecule has 0 saturated heterocycles. The topological polar surface area (TPSA) is 39.2 Å². The standard InChI is InChI=1S/C16H17NO2/c1-11(2)13-8-14(10-17-9-13)16(18)19-15-7-5-4-6-12(15)3/h4-11H,1-3H3. The van der Waals surface area contributed by atoms with E-state index in [0.717, 1.165) is 11.1 Å². The number of carbonyl (C=O) groups is 1. The van der Waals surface area contributed by atoms with Crippen molar-refractivity contribution in [3.8, 4) is 5.75 Å². The van der Waals surface area contributed by atoms with E-state index in [0.29, 0.717) is 17.2 Å². The Morgan fingerprint density at radius 3 is 2.63 bits per heavy atom. The number of pyridine rings is 1. The first-order chi connectivity index (χ1) is 9.08. The maximum absolute atomic E-state index is 12.1. The summed E-state index contributed by atoms with van der Waals surface area (Å²) in [5.41, 5.74) is 2.44. The average Bonchev–Trinajstić information content (AvgIpc) is 2.41. The van der Waals surface area contributed by atoms with Gasteiger partial charge in [0.2, 0.25) is 0 Å². The third-order valence-electron chi connectivity index (χ3n) is 2.96. The molecule has 0 atom stereocenters. The van der Waals surface area contributed by atoms with Gasteiger partial charge in [0, 0.05) is 12.4 Å². The number of esters is 1. The van der Waals surface area contributed by atoms with E-state index in [2.05, 4.69) is 18.8 Å². The van der Waals surface area contributed by atoms with Gasteiger partial charge in [-0.3, -0.25) is 4.98 Å². The molecule has 0 fully saturated rings. The molecule has 0 aliphatic heterocycles. The maximum atomic E-state index is 12.1. The van der Waals surface area contributed by atoms with Gasteiger partial charge in [-0.05, 0) is 36.1 Å². The molecule has 2 aromatic rings. The highest BCUT2D eigenvalue weighted by atomic mass is 16.5. The van der Waals surface area contributed by atoms with Gasteiger partial charge >= 0.3 is 5.97 Å². The highest BCUT2D eigenvalue weighted by Gasteiger charge is 2.12. The predicted octanol–water partition coefficient (Wildman–Crippen LogP) is 3.73. The van der Waals surface area contributed by atoms with E-state index >= 15 is 0 Å². The van der Waals surface area contributed by atoms with Crippen LogP contribution in [0.5, 0.6) is 5.75 Å². The summed E-state index contributed by atoms with van der Waals surface area (Å²) >= 11 is 0. The van der Waals surface area contributed by atoms with E-state index < -0.39 is 0 Å². The van der Waals surface area contributed by atoms with Crippen LogP contribution in [0.25, 0.3) is 0 Å². The Morgan fingerprint density at radius 1 is 1.21 bits per heavy atom. The molecule has 1 heterocycles. The molecule has 19 heavy (non-hydrogen) atoms. The minimum atomic E-state index is -0.371. The van der Waals surface area contributed by atoms with Crippen molar-refractivity contribution >= 4 is 5.97 Å². The molecule has 3 nitrogen and oxygen atoms in total. The molecular weight excluding hydrogens is 238 g/mol. The normalized spacial score (nSPS) is 10.5. The Labute approximate surface area is 113 Å². The van der Waals surface area contributed by atoms with E-state index in [1.807, 2.05) is 31.2 Å². The van der Waals surface area contributed by atoms with Crippen LogP contribution < -0.4 is 4.74 Å². The lowest BCUT2D eigenvalue weighted by molar-refractivity contribution is 0.0733. The van der Waals surface area contributed by atoms with E-state index in [1.165, 1.54) is 6.20 Å². The molecule has 1 aromatic heterocycles. The Bertz CT molecular complexity index is 591. The summed E-state index contributed by atoms with van der Waals surface area (Å²) in [5, 5.41) is 0. The summed E-state index contributed by atoms with van der Waals surface area (Å²) in [6.45, 7) is 6.03. The van der Waals surface area contributed by atoms with Crippen molar-refractivity contribution in [2.24, 2.45) is 0 Å². The SMILES string of the molecule is Cc1ccccc1OC(=O)c1cncc(C(C)C)c1. The van der Waals surface area contributed by atoms with Gasteiger partial charge in [0.05, 0.1) is 5.56 Å². The van der Waals surface area contributed by atoms with Gasteiger partial charge in [-0.25, -0.2) is 4.79 Å². The summed E-state index contributed by atoms with van der Waals surface area (Å²) in [6.07, 6.45) is 3.31. The molecule has 0 radical (unpaired) electrons. The number of hydrogen-bond donors (Lipinski definition) is 0. The van der Waals surface area contributed by atoms with Crippen LogP contribution in [0.2, 0.25) is 0 Å². The van der Waals surface area contributed by atoms with E-state index in [1.54, 1.807) is 12.3 Å². The van der Waals surface area contributed by atoms with Crippen molar-refractivity contribution < 1.29 is 9.53 Å². The second kappa shape index (κ2) is 5.65. The summed E-state index contributed by atoms with van der Waals surface area (Å²) in [4.78, 5) is 16.2. The molecule has 3 heteroatoms. The first kappa shape index (κ1) is 13.3. The number of para-hydroxylation sites is 1. The first-order valence-corrected chi connectivity index (χ1v) is 6.30. The quantitative estimate of drug-likeness (QED) is 0.619. The first-order valence-electron chi connectivity index (χ1n) is 6.30. The molecule has 2 rings (SSSR count). The van der Waals surface area contributed by atoms with Crippen molar-refractivity contribution in [1.82, 2.24) is 4.98 Å². The highest BCUT2D eigenvalue weighted by Crippen LogP contribution is 2.19. The van der Waals surface area contributed by atoms with Gasteiger partial charge in [-0.1, -0.05) is 32.0 Å². The van der Waals surface area contributed by atoms with Gasteiger partial charge in [-0.15, -0.1) is 0 Å². The highest BCUT2D eigenvalue weighted by molar-refractivity contribution is 5.91. The maximum Gasteiger partial charge on any atom is 0.345 e. The van der Waals surface area contributed by atoms with E-state index in [-0.39, 0.29) is 5.97 Å². The van der Waals surface area contributed by atoms with Gasteiger partial charge < -0.3 is 4.74 Å². The number of hydrogen-bond acceptors (Lipinski definition) is 3. The van der Waals surface area contributed by atoms with Gasteiger partial charge in [0.1, 0.15) is 5.75 Å².